The standard InChI is InChI=1S/C16H32N2/c1-13-9-14(2)11-15(10-13)17-12-16(18(3)4)7-5-6-8-16/h13-15,17H,5-12H2,1-4H3. The van der Waals surface area contributed by atoms with Gasteiger partial charge in [-0.25, -0.2) is 0 Å². The molecule has 0 bridgehead atoms. The van der Waals surface area contributed by atoms with Crippen LogP contribution in [0.3, 0.4) is 0 Å². The highest BCUT2D eigenvalue weighted by Crippen LogP contribution is 2.34. The van der Waals surface area contributed by atoms with Gasteiger partial charge in [-0.05, 0) is 58.0 Å². The number of likely N-dealkylation sites (N-methyl/N-ethyl adjacent to an activating group) is 1. The smallest absolute Gasteiger partial charge is 0.0327 e. The van der Waals surface area contributed by atoms with Crippen molar-refractivity contribution >= 4 is 0 Å². The number of nitrogens with zero attached hydrogens (tertiary/aromatic N) is 1. The largest absolute Gasteiger partial charge is 0.312 e. The van der Waals surface area contributed by atoms with Gasteiger partial charge in [0.05, 0.1) is 0 Å². The van der Waals surface area contributed by atoms with Crippen LogP contribution in [-0.2, 0) is 0 Å². The molecule has 2 fully saturated rings. The summed E-state index contributed by atoms with van der Waals surface area (Å²) in [4.78, 5) is 2.47. The molecule has 0 saturated heterocycles. The lowest BCUT2D eigenvalue weighted by Gasteiger charge is -2.40. The Balaban J connectivity index is 1.86. The van der Waals surface area contributed by atoms with Gasteiger partial charge >= 0.3 is 0 Å². The van der Waals surface area contributed by atoms with Crippen LogP contribution in [0.1, 0.15) is 58.8 Å². The number of nitrogens with one attached hydrogen (secondary N) is 1. The maximum absolute atomic E-state index is 3.90. The molecule has 0 aromatic carbocycles. The summed E-state index contributed by atoms with van der Waals surface area (Å²) in [6.07, 6.45) is 9.78. The molecule has 2 heteroatoms. The minimum absolute atomic E-state index is 0.448. The van der Waals surface area contributed by atoms with Crippen molar-refractivity contribution < 1.29 is 0 Å². The van der Waals surface area contributed by atoms with Gasteiger partial charge in [0.25, 0.3) is 0 Å². The molecule has 0 spiro atoms. The van der Waals surface area contributed by atoms with E-state index in [-0.39, 0.29) is 0 Å². The van der Waals surface area contributed by atoms with Crippen molar-refractivity contribution in [2.45, 2.75) is 70.4 Å². The Labute approximate surface area is 114 Å². The Morgan fingerprint density at radius 3 is 2.06 bits per heavy atom. The SMILES string of the molecule is CC1CC(C)CC(NCC2(N(C)C)CCCC2)C1. The van der Waals surface area contributed by atoms with E-state index in [1.807, 2.05) is 0 Å². The monoisotopic (exact) mass is 252 g/mol. The van der Waals surface area contributed by atoms with Gasteiger partial charge in [0.2, 0.25) is 0 Å². The van der Waals surface area contributed by atoms with Crippen LogP contribution in [0, 0.1) is 11.8 Å². The molecule has 2 saturated carbocycles. The molecule has 2 nitrogen and oxygen atoms in total. The Bertz CT molecular complexity index is 246. The lowest BCUT2D eigenvalue weighted by atomic mass is 9.80. The molecule has 0 heterocycles. The summed E-state index contributed by atoms with van der Waals surface area (Å²) < 4.78 is 0. The Morgan fingerprint density at radius 1 is 1.00 bits per heavy atom. The van der Waals surface area contributed by atoms with Gasteiger partial charge in [0, 0.05) is 18.1 Å². The number of rotatable bonds is 4. The third kappa shape index (κ3) is 3.27. The second kappa shape index (κ2) is 5.92. The van der Waals surface area contributed by atoms with E-state index in [9.17, 15) is 0 Å². The van der Waals surface area contributed by atoms with E-state index in [0.717, 1.165) is 17.9 Å². The topological polar surface area (TPSA) is 15.3 Å². The first-order valence-electron chi connectivity index (χ1n) is 7.93. The first kappa shape index (κ1) is 14.3. The average Bonchev–Trinajstić information content (AvgIpc) is 2.75. The second-order valence-corrected chi connectivity index (χ2v) is 7.32. The lowest BCUT2D eigenvalue weighted by molar-refractivity contribution is 0.137. The minimum Gasteiger partial charge on any atom is -0.312 e. The molecule has 2 atom stereocenters. The summed E-state index contributed by atoms with van der Waals surface area (Å²) in [5, 5.41) is 3.90. The zero-order valence-corrected chi connectivity index (χ0v) is 12.8. The molecular weight excluding hydrogens is 220 g/mol. The van der Waals surface area contributed by atoms with Crippen molar-refractivity contribution in [3.8, 4) is 0 Å². The normalized spacial score (nSPS) is 36.2. The molecule has 2 aliphatic carbocycles. The molecular formula is C16H32N2. The van der Waals surface area contributed by atoms with Crippen molar-refractivity contribution in [2.75, 3.05) is 20.6 Å². The predicted molar refractivity (Wildman–Crippen MR) is 78.9 cm³/mol. The molecule has 106 valence electrons. The second-order valence-electron chi connectivity index (χ2n) is 7.32. The van der Waals surface area contributed by atoms with Gasteiger partial charge in [-0.15, -0.1) is 0 Å². The summed E-state index contributed by atoms with van der Waals surface area (Å²) >= 11 is 0. The van der Waals surface area contributed by atoms with Gasteiger partial charge in [-0.1, -0.05) is 26.7 Å². The Hall–Kier alpha value is -0.0800. The Morgan fingerprint density at radius 2 is 1.56 bits per heavy atom. The first-order chi connectivity index (χ1) is 8.52. The zero-order chi connectivity index (χ0) is 13.2. The van der Waals surface area contributed by atoms with Crippen molar-refractivity contribution in [3.63, 3.8) is 0 Å². The quantitative estimate of drug-likeness (QED) is 0.826. The maximum atomic E-state index is 3.90. The first-order valence-corrected chi connectivity index (χ1v) is 7.93. The fourth-order valence-electron chi connectivity index (χ4n) is 4.26. The predicted octanol–water partition coefficient (Wildman–Crippen LogP) is 3.28. The molecule has 0 aromatic rings. The molecule has 0 aromatic heterocycles. The summed E-state index contributed by atoms with van der Waals surface area (Å²) in [6.45, 7) is 6.04. The summed E-state index contributed by atoms with van der Waals surface area (Å²) in [7, 11) is 4.53. The third-order valence-corrected chi connectivity index (χ3v) is 5.38. The van der Waals surface area contributed by atoms with Crippen molar-refractivity contribution in [1.82, 2.24) is 10.2 Å². The minimum atomic E-state index is 0.448. The molecule has 0 amide bonds. The van der Waals surface area contributed by atoms with Crippen LogP contribution in [0.25, 0.3) is 0 Å². The van der Waals surface area contributed by atoms with Crippen LogP contribution in [0.15, 0.2) is 0 Å². The summed E-state index contributed by atoms with van der Waals surface area (Å²) in [6, 6.07) is 0.765. The molecule has 0 aliphatic heterocycles. The highest BCUT2D eigenvalue weighted by molar-refractivity contribution is 4.95. The van der Waals surface area contributed by atoms with E-state index >= 15 is 0 Å². The van der Waals surface area contributed by atoms with E-state index in [0.29, 0.717) is 5.54 Å². The molecule has 18 heavy (non-hydrogen) atoms. The van der Waals surface area contributed by atoms with Crippen molar-refractivity contribution in [1.29, 1.82) is 0 Å². The fourth-order valence-corrected chi connectivity index (χ4v) is 4.26. The van der Waals surface area contributed by atoms with Crippen molar-refractivity contribution in [3.05, 3.63) is 0 Å². The highest BCUT2D eigenvalue weighted by atomic mass is 15.2. The van der Waals surface area contributed by atoms with Crippen LogP contribution in [0.4, 0.5) is 0 Å². The van der Waals surface area contributed by atoms with E-state index in [4.69, 9.17) is 0 Å². The third-order valence-electron chi connectivity index (χ3n) is 5.38. The van der Waals surface area contributed by atoms with Gasteiger partial charge < -0.3 is 10.2 Å². The fraction of sp³-hybridized carbons (Fsp3) is 1.00. The average molecular weight is 252 g/mol. The van der Waals surface area contributed by atoms with E-state index in [1.54, 1.807) is 0 Å². The molecule has 0 radical (unpaired) electrons. The highest BCUT2D eigenvalue weighted by Gasteiger charge is 2.36. The van der Waals surface area contributed by atoms with Crippen LogP contribution in [0.2, 0.25) is 0 Å². The van der Waals surface area contributed by atoms with E-state index in [1.165, 1.54) is 51.5 Å². The summed E-state index contributed by atoms with van der Waals surface area (Å²) in [5.74, 6) is 1.82. The Kier molecular flexibility index (Phi) is 4.71. The van der Waals surface area contributed by atoms with Crippen LogP contribution >= 0.6 is 0 Å². The van der Waals surface area contributed by atoms with Gasteiger partial charge in [0.15, 0.2) is 0 Å². The number of hydrogen-bond acceptors (Lipinski definition) is 2. The van der Waals surface area contributed by atoms with Gasteiger partial charge in [-0.3, -0.25) is 0 Å². The molecule has 1 N–H and O–H groups in total. The molecule has 2 aliphatic rings. The number of hydrogen-bond donors (Lipinski definition) is 1. The van der Waals surface area contributed by atoms with Crippen molar-refractivity contribution in [2.24, 2.45) is 11.8 Å². The van der Waals surface area contributed by atoms with Crippen LogP contribution in [-0.4, -0.2) is 37.1 Å². The molecule has 2 unspecified atom stereocenters. The maximum Gasteiger partial charge on any atom is 0.0327 e. The summed E-state index contributed by atoms with van der Waals surface area (Å²) in [5.41, 5.74) is 0.448. The van der Waals surface area contributed by atoms with Crippen LogP contribution < -0.4 is 5.32 Å². The van der Waals surface area contributed by atoms with Gasteiger partial charge in [-0.2, -0.15) is 0 Å². The van der Waals surface area contributed by atoms with Gasteiger partial charge in [0.1, 0.15) is 0 Å². The van der Waals surface area contributed by atoms with E-state index in [2.05, 4.69) is 38.2 Å². The zero-order valence-electron chi connectivity index (χ0n) is 12.8. The van der Waals surface area contributed by atoms with Crippen LogP contribution in [0.5, 0.6) is 0 Å². The lowest BCUT2D eigenvalue weighted by Crippen LogP contribution is -2.52. The van der Waals surface area contributed by atoms with E-state index < -0.39 is 0 Å². The molecule has 2 rings (SSSR count).